The van der Waals surface area contributed by atoms with Crippen molar-refractivity contribution in [1.29, 1.82) is 0 Å². The van der Waals surface area contributed by atoms with Crippen LogP contribution in [0.25, 0.3) is 10.8 Å². The third-order valence-electron chi connectivity index (χ3n) is 3.62. The fourth-order valence-electron chi connectivity index (χ4n) is 2.39. The molecule has 0 aliphatic heterocycles. The lowest BCUT2D eigenvalue weighted by Crippen LogP contribution is -2.31. The minimum atomic E-state index is -1.11. The van der Waals surface area contributed by atoms with Gasteiger partial charge in [0, 0.05) is 15.2 Å². The summed E-state index contributed by atoms with van der Waals surface area (Å²) in [5.74, 6) is -0.450. The highest BCUT2D eigenvalue weighted by molar-refractivity contribution is 14.1. The normalized spacial score (nSPS) is 12.3. The molecule has 3 rings (SSSR count). The van der Waals surface area contributed by atoms with Crippen molar-refractivity contribution in [2.24, 2.45) is 0 Å². The predicted octanol–water partition coefficient (Wildman–Crippen LogP) is 2.24. The molecule has 0 amide bonds. The molecule has 0 bridgehead atoms. The Hall–Kier alpha value is -1.38. The van der Waals surface area contributed by atoms with E-state index in [1.54, 1.807) is 12.1 Å². The summed E-state index contributed by atoms with van der Waals surface area (Å²) in [6, 6.07) is 4.70. The Morgan fingerprint density at radius 3 is 2.73 bits per heavy atom. The SMILES string of the molecule is O=c1c2c(Nc3ccc(I)cc3F)cncc2c(I)nn1C[C@H](O)CO. The lowest BCUT2D eigenvalue weighted by Gasteiger charge is -2.14. The first-order valence-electron chi connectivity index (χ1n) is 7.46. The molecule has 0 fully saturated rings. The van der Waals surface area contributed by atoms with Crippen LogP contribution in [0, 0.1) is 13.1 Å². The maximum absolute atomic E-state index is 14.2. The zero-order valence-electron chi connectivity index (χ0n) is 13.2. The molecule has 26 heavy (non-hydrogen) atoms. The summed E-state index contributed by atoms with van der Waals surface area (Å²) in [5.41, 5.74) is 0.0803. The van der Waals surface area contributed by atoms with Gasteiger partial charge in [0.1, 0.15) is 9.52 Å². The number of fused-ring (bicyclic) bond motifs is 1. The van der Waals surface area contributed by atoms with E-state index in [2.05, 4.69) is 15.4 Å². The largest absolute Gasteiger partial charge is 0.394 e. The van der Waals surface area contributed by atoms with Crippen molar-refractivity contribution < 1.29 is 14.6 Å². The molecule has 0 spiro atoms. The zero-order valence-corrected chi connectivity index (χ0v) is 17.5. The van der Waals surface area contributed by atoms with Gasteiger partial charge in [-0.15, -0.1) is 0 Å². The smallest absolute Gasteiger partial charge is 0.277 e. The number of benzene rings is 1. The van der Waals surface area contributed by atoms with E-state index in [-0.39, 0.29) is 17.6 Å². The Kier molecular flexibility index (Phi) is 6.04. The van der Waals surface area contributed by atoms with E-state index < -0.39 is 24.1 Å². The van der Waals surface area contributed by atoms with Gasteiger partial charge in [-0.1, -0.05) is 0 Å². The summed E-state index contributed by atoms with van der Waals surface area (Å²) in [6.45, 7) is -0.640. The molecule has 10 heteroatoms. The van der Waals surface area contributed by atoms with Crippen LogP contribution in [0.4, 0.5) is 15.8 Å². The van der Waals surface area contributed by atoms with Gasteiger partial charge in [-0.25, -0.2) is 9.07 Å². The second-order valence-electron chi connectivity index (χ2n) is 5.47. The van der Waals surface area contributed by atoms with Gasteiger partial charge in [0.25, 0.3) is 5.56 Å². The third-order valence-corrected chi connectivity index (χ3v) is 5.09. The van der Waals surface area contributed by atoms with Gasteiger partial charge in [-0.2, -0.15) is 5.10 Å². The number of hydrogen-bond acceptors (Lipinski definition) is 6. The Balaban J connectivity index is 2.15. The van der Waals surface area contributed by atoms with Crippen LogP contribution in [-0.4, -0.2) is 37.7 Å². The molecule has 2 aromatic heterocycles. The number of anilines is 2. The Labute approximate surface area is 174 Å². The van der Waals surface area contributed by atoms with E-state index in [0.717, 1.165) is 8.25 Å². The average molecular weight is 582 g/mol. The second kappa shape index (κ2) is 8.10. The first-order valence-corrected chi connectivity index (χ1v) is 9.61. The highest BCUT2D eigenvalue weighted by Crippen LogP contribution is 2.27. The van der Waals surface area contributed by atoms with E-state index in [1.807, 2.05) is 45.2 Å². The van der Waals surface area contributed by atoms with Crippen LogP contribution >= 0.6 is 45.2 Å². The van der Waals surface area contributed by atoms with Gasteiger partial charge in [-0.05, 0) is 63.4 Å². The lowest BCUT2D eigenvalue weighted by molar-refractivity contribution is 0.0770. The third kappa shape index (κ3) is 3.97. The Bertz CT molecular complexity index is 1030. The highest BCUT2D eigenvalue weighted by Gasteiger charge is 2.16. The predicted molar refractivity (Wildman–Crippen MR) is 112 cm³/mol. The van der Waals surface area contributed by atoms with Gasteiger partial charge in [-0.3, -0.25) is 9.78 Å². The molecule has 0 unspecified atom stereocenters. The monoisotopic (exact) mass is 582 g/mol. The zero-order chi connectivity index (χ0) is 18.8. The number of nitrogens with zero attached hydrogens (tertiary/aromatic N) is 3. The van der Waals surface area contributed by atoms with E-state index in [0.29, 0.717) is 14.8 Å². The van der Waals surface area contributed by atoms with Crippen molar-refractivity contribution in [3.63, 3.8) is 0 Å². The molecule has 2 heterocycles. The fraction of sp³-hybridized carbons (Fsp3) is 0.188. The molecule has 3 N–H and O–H groups in total. The van der Waals surface area contributed by atoms with Crippen LogP contribution in [0.3, 0.4) is 0 Å². The van der Waals surface area contributed by atoms with Gasteiger partial charge in [0.15, 0.2) is 0 Å². The first-order chi connectivity index (χ1) is 12.4. The van der Waals surface area contributed by atoms with Crippen LogP contribution in [0.1, 0.15) is 0 Å². The van der Waals surface area contributed by atoms with Crippen molar-refractivity contribution in [2.75, 3.05) is 11.9 Å². The van der Waals surface area contributed by atoms with Crippen LogP contribution in [0.5, 0.6) is 0 Å². The number of aliphatic hydroxyl groups is 2. The van der Waals surface area contributed by atoms with Gasteiger partial charge in [0.05, 0.1) is 42.2 Å². The standard InChI is InChI=1S/C16H13FI2N4O3/c17-11-3-8(18)1-2-12(11)21-13-5-20-4-10-14(13)16(26)23(22-15(10)19)6-9(25)7-24/h1-5,9,21,24-25H,6-7H2/t9-/m0/s1. The number of pyridine rings is 1. The number of halogens is 3. The van der Waals surface area contributed by atoms with E-state index in [4.69, 9.17) is 5.11 Å². The van der Waals surface area contributed by atoms with E-state index >= 15 is 0 Å². The molecule has 0 aliphatic carbocycles. The van der Waals surface area contributed by atoms with Gasteiger partial charge in [0.2, 0.25) is 0 Å². The molecule has 1 atom stereocenters. The summed E-state index contributed by atoms with van der Waals surface area (Å²) in [5, 5.41) is 26.5. The molecule has 7 nitrogen and oxygen atoms in total. The number of hydrogen-bond donors (Lipinski definition) is 3. The Morgan fingerprint density at radius 2 is 2.04 bits per heavy atom. The van der Waals surface area contributed by atoms with Crippen molar-refractivity contribution in [3.05, 3.63) is 54.0 Å². The van der Waals surface area contributed by atoms with Crippen LogP contribution < -0.4 is 10.9 Å². The van der Waals surface area contributed by atoms with Crippen molar-refractivity contribution in [1.82, 2.24) is 14.8 Å². The number of aliphatic hydroxyl groups excluding tert-OH is 2. The lowest BCUT2D eigenvalue weighted by atomic mass is 10.2. The quantitative estimate of drug-likeness (QED) is 0.400. The van der Waals surface area contributed by atoms with E-state index in [1.165, 1.54) is 18.5 Å². The van der Waals surface area contributed by atoms with Crippen LogP contribution in [0.2, 0.25) is 0 Å². The molecule has 0 aliphatic rings. The fourth-order valence-corrected chi connectivity index (χ4v) is 3.52. The number of nitrogens with one attached hydrogen (secondary N) is 1. The van der Waals surface area contributed by atoms with Crippen LogP contribution in [0.15, 0.2) is 35.4 Å². The minimum Gasteiger partial charge on any atom is -0.394 e. The maximum Gasteiger partial charge on any atom is 0.277 e. The molecular weight excluding hydrogens is 569 g/mol. The molecule has 136 valence electrons. The van der Waals surface area contributed by atoms with Gasteiger partial charge >= 0.3 is 0 Å². The topological polar surface area (TPSA) is 100 Å². The molecular formula is C16H13FI2N4O3. The summed E-state index contributed by atoms with van der Waals surface area (Å²) in [4.78, 5) is 16.9. The van der Waals surface area contributed by atoms with Crippen molar-refractivity contribution >= 4 is 67.3 Å². The number of aromatic nitrogens is 3. The van der Waals surface area contributed by atoms with Crippen molar-refractivity contribution in [2.45, 2.75) is 12.6 Å². The minimum absolute atomic E-state index is 0.152. The van der Waals surface area contributed by atoms with Gasteiger partial charge < -0.3 is 15.5 Å². The maximum atomic E-state index is 14.2. The molecule has 3 aromatic rings. The summed E-state index contributed by atoms with van der Waals surface area (Å²) < 4.78 is 16.5. The Morgan fingerprint density at radius 1 is 1.27 bits per heavy atom. The number of rotatable bonds is 5. The average Bonchev–Trinajstić information content (AvgIpc) is 2.61. The summed E-state index contributed by atoms with van der Waals surface area (Å²) in [7, 11) is 0. The highest BCUT2D eigenvalue weighted by atomic mass is 127. The summed E-state index contributed by atoms with van der Waals surface area (Å²) in [6.07, 6.45) is 1.83. The first kappa shape index (κ1) is 19.4. The van der Waals surface area contributed by atoms with Crippen LogP contribution in [-0.2, 0) is 6.54 Å². The molecule has 0 saturated carbocycles. The van der Waals surface area contributed by atoms with E-state index in [9.17, 15) is 14.3 Å². The summed E-state index contributed by atoms with van der Waals surface area (Å²) >= 11 is 3.97. The molecule has 1 aromatic carbocycles. The molecule has 0 saturated heterocycles. The second-order valence-corrected chi connectivity index (χ2v) is 7.74. The van der Waals surface area contributed by atoms with Crippen molar-refractivity contribution in [3.8, 4) is 0 Å². The molecule has 0 radical (unpaired) electrons.